The minimum absolute atomic E-state index is 0.329. The summed E-state index contributed by atoms with van der Waals surface area (Å²) in [4.78, 5) is 13.7. The van der Waals surface area contributed by atoms with Crippen molar-refractivity contribution in [1.29, 1.82) is 0 Å². The lowest BCUT2D eigenvalue weighted by molar-refractivity contribution is 0.603. The van der Waals surface area contributed by atoms with E-state index in [0.717, 1.165) is 33.1 Å². The molecule has 0 saturated heterocycles. The fourth-order valence-electron chi connectivity index (χ4n) is 2.14. The zero-order chi connectivity index (χ0) is 15.6. The number of aromatic nitrogens is 4. The van der Waals surface area contributed by atoms with Crippen LogP contribution in [0.1, 0.15) is 52.3 Å². The van der Waals surface area contributed by atoms with E-state index in [1.807, 2.05) is 12.5 Å². The summed E-state index contributed by atoms with van der Waals surface area (Å²) in [6.07, 6.45) is 3.67. The van der Waals surface area contributed by atoms with Gasteiger partial charge in [-0.05, 0) is 49.3 Å². The Morgan fingerprint density at radius 3 is 2.52 bits per heavy atom. The summed E-state index contributed by atoms with van der Waals surface area (Å²) in [5.74, 6) is 2.00. The monoisotopic (exact) mass is 399 g/mol. The third kappa shape index (κ3) is 3.36. The van der Waals surface area contributed by atoms with Crippen LogP contribution < -0.4 is 5.32 Å². The predicted octanol–water partition coefficient (Wildman–Crippen LogP) is 4.08. The molecule has 6 heteroatoms. The normalized spacial score (nSPS) is 11.4. The molecule has 2 aromatic rings. The van der Waals surface area contributed by atoms with E-state index < -0.39 is 0 Å². The van der Waals surface area contributed by atoms with E-state index in [4.69, 9.17) is 9.97 Å². The lowest BCUT2D eigenvalue weighted by Crippen LogP contribution is -2.11. The largest absolute Gasteiger partial charge is 0.369 e. The molecule has 1 N–H and O–H groups in total. The predicted molar refractivity (Wildman–Crippen MR) is 94.6 cm³/mol. The van der Waals surface area contributed by atoms with Crippen molar-refractivity contribution < 1.29 is 0 Å². The van der Waals surface area contributed by atoms with Crippen LogP contribution >= 0.6 is 22.6 Å². The summed E-state index contributed by atoms with van der Waals surface area (Å²) in [5.41, 5.74) is 2.04. The van der Waals surface area contributed by atoms with Crippen LogP contribution in [-0.2, 0) is 0 Å². The van der Waals surface area contributed by atoms with Crippen LogP contribution in [0.15, 0.2) is 12.5 Å². The molecule has 0 saturated carbocycles. The first-order chi connectivity index (χ1) is 9.95. The Morgan fingerprint density at radius 1 is 1.24 bits per heavy atom. The highest BCUT2D eigenvalue weighted by molar-refractivity contribution is 14.1. The summed E-state index contributed by atoms with van der Waals surface area (Å²) in [6, 6.07) is 0.329. The number of rotatable bonds is 5. The second-order valence-corrected chi connectivity index (χ2v) is 6.64. The lowest BCUT2D eigenvalue weighted by atomic mass is 10.1. The quantitative estimate of drug-likeness (QED) is 0.770. The van der Waals surface area contributed by atoms with Gasteiger partial charge in [0.25, 0.3) is 0 Å². The van der Waals surface area contributed by atoms with Gasteiger partial charge in [-0.2, -0.15) is 0 Å². The third-order valence-electron chi connectivity index (χ3n) is 3.22. The van der Waals surface area contributed by atoms with Gasteiger partial charge in [-0.3, -0.25) is 0 Å². The van der Waals surface area contributed by atoms with Crippen LogP contribution in [0.25, 0.3) is 11.5 Å². The summed E-state index contributed by atoms with van der Waals surface area (Å²) < 4.78 is 3.20. The van der Waals surface area contributed by atoms with Gasteiger partial charge in [-0.1, -0.05) is 13.8 Å². The van der Waals surface area contributed by atoms with Crippen molar-refractivity contribution in [1.82, 2.24) is 19.5 Å². The van der Waals surface area contributed by atoms with Gasteiger partial charge in [-0.25, -0.2) is 15.0 Å². The van der Waals surface area contributed by atoms with Gasteiger partial charge in [0.05, 0.1) is 21.8 Å². The van der Waals surface area contributed by atoms with Crippen LogP contribution in [0, 0.1) is 3.57 Å². The molecule has 2 heterocycles. The van der Waals surface area contributed by atoms with Crippen LogP contribution in [0.3, 0.4) is 0 Å². The first-order valence-electron chi connectivity index (χ1n) is 7.29. The summed E-state index contributed by atoms with van der Waals surface area (Å²) in [5, 5.41) is 3.33. The number of imidazole rings is 1. The second kappa shape index (κ2) is 6.72. The molecule has 0 aliphatic heterocycles. The van der Waals surface area contributed by atoms with E-state index in [9.17, 15) is 0 Å². The maximum atomic E-state index is 4.78. The average Bonchev–Trinajstić information content (AvgIpc) is 2.90. The van der Waals surface area contributed by atoms with Gasteiger partial charge in [0.1, 0.15) is 11.5 Å². The Labute approximate surface area is 139 Å². The number of nitrogens with one attached hydrogen (secondary N) is 1. The molecule has 114 valence electrons. The summed E-state index contributed by atoms with van der Waals surface area (Å²) >= 11 is 2.33. The number of anilines is 1. The number of halogens is 1. The van der Waals surface area contributed by atoms with Crippen molar-refractivity contribution in [2.24, 2.45) is 0 Å². The number of nitrogens with zero attached hydrogens (tertiary/aromatic N) is 4. The molecule has 0 bridgehead atoms. The number of hydrogen-bond acceptors (Lipinski definition) is 4. The zero-order valence-corrected chi connectivity index (χ0v) is 15.3. The fourth-order valence-corrected chi connectivity index (χ4v) is 3.19. The highest BCUT2D eigenvalue weighted by Crippen LogP contribution is 2.29. The Bertz CT molecular complexity index is 619. The van der Waals surface area contributed by atoms with Gasteiger partial charge in [0, 0.05) is 12.6 Å². The van der Waals surface area contributed by atoms with Crippen LogP contribution in [0.2, 0.25) is 0 Å². The van der Waals surface area contributed by atoms with E-state index in [1.54, 1.807) is 0 Å². The van der Waals surface area contributed by atoms with E-state index in [2.05, 4.69) is 72.1 Å². The minimum atomic E-state index is 0.329. The maximum Gasteiger partial charge on any atom is 0.180 e. The maximum absolute atomic E-state index is 4.78. The molecule has 0 aromatic carbocycles. The molecule has 0 aliphatic rings. The van der Waals surface area contributed by atoms with Crippen molar-refractivity contribution >= 4 is 28.4 Å². The van der Waals surface area contributed by atoms with Gasteiger partial charge < -0.3 is 9.88 Å². The van der Waals surface area contributed by atoms with Crippen molar-refractivity contribution in [3.8, 4) is 11.5 Å². The Kier molecular flexibility index (Phi) is 5.18. The van der Waals surface area contributed by atoms with Gasteiger partial charge >= 0.3 is 0 Å². The highest BCUT2D eigenvalue weighted by atomic mass is 127. The molecule has 0 aliphatic carbocycles. The van der Waals surface area contributed by atoms with E-state index in [-0.39, 0.29) is 0 Å². The SMILES string of the molecule is CCNc1nc(-c2cncn2C(C)C)nc(C(C)C)c1I. The minimum Gasteiger partial charge on any atom is -0.369 e. The molecule has 2 rings (SSSR count). The molecule has 0 spiro atoms. The Balaban J connectivity index is 2.60. The lowest BCUT2D eigenvalue weighted by Gasteiger charge is -2.16. The van der Waals surface area contributed by atoms with Crippen molar-refractivity contribution in [2.45, 2.75) is 46.6 Å². The first kappa shape index (κ1) is 16.2. The third-order valence-corrected chi connectivity index (χ3v) is 4.28. The molecule has 0 amide bonds. The average molecular weight is 399 g/mol. The second-order valence-electron chi connectivity index (χ2n) is 5.56. The van der Waals surface area contributed by atoms with Gasteiger partial charge in [0.2, 0.25) is 0 Å². The van der Waals surface area contributed by atoms with Crippen LogP contribution in [0.4, 0.5) is 5.82 Å². The van der Waals surface area contributed by atoms with Crippen molar-refractivity contribution in [3.63, 3.8) is 0 Å². The van der Waals surface area contributed by atoms with Gasteiger partial charge in [-0.15, -0.1) is 0 Å². The molecule has 21 heavy (non-hydrogen) atoms. The van der Waals surface area contributed by atoms with E-state index in [0.29, 0.717) is 12.0 Å². The summed E-state index contributed by atoms with van der Waals surface area (Å²) in [7, 11) is 0. The standard InChI is InChI=1S/C15H22IN5/c1-6-18-15-12(16)13(9(2)3)19-14(20-15)11-7-17-8-21(11)10(4)5/h7-10H,6H2,1-5H3,(H,18,19,20). The number of hydrogen-bond donors (Lipinski definition) is 1. The smallest absolute Gasteiger partial charge is 0.180 e. The van der Waals surface area contributed by atoms with Gasteiger partial charge in [0.15, 0.2) is 5.82 Å². The van der Waals surface area contributed by atoms with Crippen LogP contribution in [0.5, 0.6) is 0 Å². The molecular weight excluding hydrogens is 377 g/mol. The molecule has 0 unspecified atom stereocenters. The fraction of sp³-hybridized carbons (Fsp3) is 0.533. The van der Waals surface area contributed by atoms with E-state index in [1.165, 1.54) is 0 Å². The molecule has 0 atom stereocenters. The Hall–Kier alpha value is -1.18. The molecular formula is C15H22IN5. The summed E-state index contributed by atoms with van der Waals surface area (Å²) in [6.45, 7) is 11.5. The van der Waals surface area contributed by atoms with Crippen molar-refractivity contribution in [3.05, 3.63) is 21.8 Å². The van der Waals surface area contributed by atoms with Crippen molar-refractivity contribution in [2.75, 3.05) is 11.9 Å². The zero-order valence-electron chi connectivity index (χ0n) is 13.2. The molecule has 5 nitrogen and oxygen atoms in total. The molecule has 2 aromatic heterocycles. The molecule has 0 fully saturated rings. The van der Waals surface area contributed by atoms with Crippen LogP contribution in [-0.4, -0.2) is 26.1 Å². The van der Waals surface area contributed by atoms with E-state index >= 15 is 0 Å². The topological polar surface area (TPSA) is 55.6 Å². The molecule has 0 radical (unpaired) electrons. The first-order valence-corrected chi connectivity index (χ1v) is 8.37. The highest BCUT2D eigenvalue weighted by Gasteiger charge is 2.18. The Morgan fingerprint density at radius 2 is 1.95 bits per heavy atom.